The largest absolute Gasteiger partial charge is 0.464 e. The van der Waals surface area contributed by atoms with Gasteiger partial charge in [0.1, 0.15) is 11.8 Å². The molecule has 0 bridgehead atoms. The minimum absolute atomic E-state index is 0.758. The molecule has 1 N–H and O–H groups in total. The lowest BCUT2D eigenvalue weighted by atomic mass is 10.1. The van der Waals surface area contributed by atoms with E-state index in [2.05, 4.69) is 17.2 Å². The number of nitrogens with one attached hydrogen (secondary N) is 1. The van der Waals surface area contributed by atoms with E-state index in [1.807, 2.05) is 24.3 Å². The van der Waals surface area contributed by atoms with Crippen LogP contribution in [0.25, 0.3) is 22.3 Å². The molecule has 4 nitrogen and oxygen atoms in total. The molecule has 0 radical (unpaired) electrons. The van der Waals surface area contributed by atoms with E-state index in [4.69, 9.17) is 8.83 Å². The van der Waals surface area contributed by atoms with Crippen LogP contribution in [0.3, 0.4) is 0 Å². The average Bonchev–Trinajstić information content (AvgIpc) is 3.10. The Morgan fingerprint density at radius 3 is 3.00 bits per heavy atom. The molecule has 0 aliphatic carbocycles. The third kappa shape index (κ3) is 2.60. The van der Waals surface area contributed by atoms with E-state index in [1.54, 1.807) is 12.5 Å². The Hall–Kier alpha value is -2.07. The molecule has 0 aliphatic rings. The molecule has 4 heteroatoms. The Balaban J connectivity index is 1.76. The summed E-state index contributed by atoms with van der Waals surface area (Å²) in [5, 5.41) is 4.39. The van der Waals surface area contributed by atoms with E-state index in [1.165, 1.54) is 0 Å². The lowest BCUT2D eigenvalue weighted by molar-refractivity contribution is 0.494. The van der Waals surface area contributed by atoms with Gasteiger partial charge in [0.25, 0.3) is 0 Å². The van der Waals surface area contributed by atoms with Crippen LogP contribution in [-0.4, -0.2) is 18.1 Å². The maximum Gasteiger partial charge on any atom is 0.196 e. The third-order valence-electron chi connectivity index (χ3n) is 3.24. The molecule has 0 saturated carbocycles. The second-order valence-corrected chi connectivity index (χ2v) is 4.76. The van der Waals surface area contributed by atoms with Crippen LogP contribution < -0.4 is 5.32 Å². The van der Waals surface area contributed by atoms with Crippen molar-refractivity contribution in [2.75, 3.05) is 13.1 Å². The molecule has 0 atom stereocenters. The zero-order valence-electron chi connectivity index (χ0n) is 11.6. The van der Waals surface area contributed by atoms with Gasteiger partial charge in [0.15, 0.2) is 11.7 Å². The summed E-state index contributed by atoms with van der Waals surface area (Å²) in [6.07, 6.45) is 5.43. The summed E-state index contributed by atoms with van der Waals surface area (Å²) in [5.41, 5.74) is 1.82. The van der Waals surface area contributed by atoms with Crippen molar-refractivity contribution in [3.05, 3.63) is 42.6 Å². The summed E-state index contributed by atoms with van der Waals surface area (Å²) in [7, 11) is 0. The van der Waals surface area contributed by atoms with Crippen molar-refractivity contribution < 1.29 is 8.83 Å². The zero-order chi connectivity index (χ0) is 13.8. The minimum Gasteiger partial charge on any atom is -0.464 e. The number of aromatic nitrogens is 1. The van der Waals surface area contributed by atoms with Crippen LogP contribution in [0.2, 0.25) is 0 Å². The first-order valence-electron chi connectivity index (χ1n) is 7.00. The van der Waals surface area contributed by atoms with Gasteiger partial charge >= 0.3 is 0 Å². The van der Waals surface area contributed by atoms with Crippen LogP contribution in [0, 0.1) is 0 Å². The van der Waals surface area contributed by atoms with Crippen LogP contribution in [0.15, 0.2) is 45.6 Å². The molecule has 0 aliphatic heterocycles. The number of rotatable bonds is 6. The van der Waals surface area contributed by atoms with Gasteiger partial charge in [0.2, 0.25) is 0 Å². The highest BCUT2D eigenvalue weighted by Gasteiger charge is 2.12. The first-order chi connectivity index (χ1) is 9.88. The van der Waals surface area contributed by atoms with E-state index < -0.39 is 0 Å². The summed E-state index contributed by atoms with van der Waals surface area (Å²) < 4.78 is 11.3. The van der Waals surface area contributed by atoms with Crippen LogP contribution >= 0.6 is 0 Å². The fourth-order valence-corrected chi connectivity index (χ4v) is 2.22. The lowest BCUT2D eigenvalue weighted by Crippen LogP contribution is -2.17. The number of hydrogen-bond acceptors (Lipinski definition) is 4. The summed E-state index contributed by atoms with van der Waals surface area (Å²) in [4.78, 5) is 4.33. The topological polar surface area (TPSA) is 51.2 Å². The fourth-order valence-electron chi connectivity index (χ4n) is 2.22. The SMILES string of the molecule is CCCNCCc1ncc(-c2coc3ccccc23)o1. The first kappa shape index (κ1) is 12.9. The van der Waals surface area contributed by atoms with Crippen molar-refractivity contribution in [2.24, 2.45) is 0 Å². The maximum absolute atomic E-state index is 5.81. The number of nitrogens with zero attached hydrogens (tertiary/aromatic N) is 1. The second kappa shape index (κ2) is 5.92. The summed E-state index contributed by atoms with van der Waals surface area (Å²) in [6.45, 7) is 4.07. The van der Waals surface area contributed by atoms with Gasteiger partial charge < -0.3 is 14.2 Å². The van der Waals surface area contributed by atoms with Gasteiger partial charge in [-0.15, -0.1) is 0 Å². The lowest BCUT2D eigenvalue weighted by Gasteiger charge is -1.99. The Morgan fingerprint density at radius 1 is 1.20 bits per heavy atom. The minimum atomic E-state index is 0.758. The monoisotopic (exact) mass is 270 g/mol. The molecule has 2 heterocycles. The van der Waals surface area contributed by atoms with Gasteiger partial charge in [-0.25, -0.2) is 4.98 Å². The van der Waals surface area contributed by atoms with Crippen LogP contribution in [0.1, 0.15) is 19.2 Å². The van der Waals surface area contributed by atoms with Crippen molar-refractivity contribution in [3.8, 4) is 11.3 Å². The van der Waals surface area contributed by atoms with Crippen molar-refractivity contribution >= 4 is 11.0 Å². The molecular weight excluding hydrogens is 252 g/mol. The Morgan fingerprint density at radius 2 is 2.10 bits per heavy atom. The predicted molar refractivity (Wildman–Crippen MR) is 78.6 cm³/mol. The smallest absolute Gasteiger partial charge is 0.196 e. The molecule has 0 spiro atoms. The average molecular weight is 270 g/mol. The fraction of sp³-hybridized carbons (Fsp3) is 0.312. The van der Waals surface area contributed by atoms with Crippen LogP contribution in [-0.2, 0) is 6.42 Å². The summed E-state index contributed by atoms with van der Waals surface area (Å²) in [5.74, 6) is 1.52. The van der Waals surface area contributed by atoms with Crippen LogP contribution in [0.4, 0.5) is 0 Å². The van der Waals surface area contributed by atoms with E-state index in [0.717, 1.165) is 54.1 Å². The Labute approximate surface area is 117 Å². The highest BCUT2D eigenvalue weighted by molar-refractivity contribution is 5.92. The first-order valence-corrected chi connectivity index (χ1v) is 7.00. The predicted octanol–water partition coefficient (Wildman–Crippen LogP) is 3.63. The maximum atomic E-state index is 5.81. The van der Waals surface area contributed by atoms with Gasteiger partial charge in [-0.3, -0.25) is 0 Å². The molecule has 0 amide bonds. The van der Waals surface area contributed by atoms with Gasteiger partial charge in [0, 0.05) is 18.4 Å². The molecule has 0 fully saturated rings. The van der Waals surface area contributed by atoms with Crippen molar-refractivity contribution in [3.63, 3.8) is 0 Å². The third-order valence-corrected chi connectivity index (χ3v) is 3.24. The van der Waals surface area contributed by atoms with E-state index in [9.17, 15) is 0 Å². The van der Waals surface area contributed by atoms with Crippen molar-refractivity contribution in [2.45, 2.75) is 19.8 Å². The van der Waals surface area contributed by atoms with Crippen LogP contribution in [0.5, 0.6) is 0 Å². The molecule has 2 aromatic heterocycles. The van der Waals surface area contributed by atoms with Gasteiger partial charge in [0.05, 0.1) is 11.8 Å². The standard InChI is InChI=1S/C16H18N2O2/c1-2-8-17-9-7-16-18-10-15(20-16)13-11-19-14-6-4-3-5-12(13)14/h3-6,10-11,17H,2,7-9H2,1H3. The normalized spacial score (nSPS) is 11.2. The van der Waals surface area contributed by atoms with E-state index in [0.29, 0.717) is 0 Å². The summed E-state index contributed by atoms with van der Waals surface area (Å²) >= 11 is 0. The van der Waals surface area contributed by atoms with Crippen molar-refractivity contribution in [1.82, 2.24) is 10.3 Å². The van der Waals surface area contributed by atoms with Gasteiger partial charge in [-0.2, -0.15) is 0 Å². The molecule has 3 aromatic rings. The number of para-hydroxylation sites is 1. The highest BCUT2D eigenvalue weighted by Crippen LogP contribution is 2.30. The number of oxazole rings is 1. The quantitative estimate of drug-likeness (QED) is 0.695. The molecular formula is C16H18N2O2. The number of fused-ring (bicyclic) bond motifs is 1. The van der Waals surface area contributed by atoms with E-state index >= 15 is 0 Å². The molecule has 104 valence electrons. The number of hydrogen-bond donors (Lipinski definition) is 1. The second-order valence-electron chi connectivity index (χ2n) is 4.76. The number of benzene rings is 1. The highest BCUT2D eigenvalue weighted by atomic mass is 16.4. The molecule has 0 unspecified atom stereocenters. The molecule has 0 saturated heterocycles. The number of furan rings is 1. The van der Waals surface area contributed by atoms with E-state index in [-0.39, 0.29) is 0 Å². The Bertz CT molecular complexity index is 684. The molecule has 20 heavy (non-hydrogen) atoms. The van der Waals surface area contributed by atoms with Gasteiger partial charge in [-0.05, 0) is 19.0 Å². The molecule has 1 aromatic carbocycles. The van der Waals surface area contributed by atoms with Crippen molar-refractivity contribution in [1.29, 1.82) is 0 Å². The zero-order valence-corrected chi connectivity index (χ0v) is 11.6. The molecule has 3 rings (SSSR count). The van der Waals surface area contributed by atoms with Gasteiger partial charge in [-0.1, -0.05) is 25.1 Å². The summed E-state index contributed by atoms with van der Waals surface area (Å²) in [6, 6.07) is 7.93. The Kier molecular flexibility index (Phi) is 3.83.